The van der Waals surface area contributed by atoms with Gasteiger partial charge < -0.3 is 10.2 Å². The van der Waals surface area contributed by atoms with Gasteiger partial charge in [-0.25, -0.2) is 0 Å². The third-order valence-electron chi connectivity index (χ3n) is 13.5. The second kappa shape index (κ2) is 13.8. The van der Waals surface area contributed by atoms with E-state index in [0.29, 0.717) is 0 Å². The first-order valence-corrected chi connectivity index (χ1v) is 24.7. The van der Waals surface area contributed by atoms with E-state index in [1.165, 1.54) is 86.9 Å². The van der Waals surface area contributed by atoms with Gasteiger partial charge in [0, 0.05) is 34.0 Å². The summed E-state index contributed by atoms with van der Waals surface area (Å²) in [5.41, 5.74) is 16.3. The molecule has 0 fully saturated rings. The van der Waals surface area contributed by atoms with Crippen molar-refractivity contribution in [1.82, 2.24) is 0 Å². The Labute approximate surface area is 341 Å². The molecule has 7 rings (SSSR count). The molecule has 0 atom stereocenters. The zero-order chi connectivity index (χ0) is 40.6. The molecule has 0 amide bonds. The largest absolute Gasteiger partial charge is 0.355 e. The predicted octanol–water partition coefficient (Wildman–Crippen LogP) is 15.1. The molecule has 0 unspecified atom stereocenters. The number of hydrogen-bond donors (Lipinski definition) is 1. The van der Waals surface area contributed by atoms with E-state index in [1.54, 1.807) is 0 Å². The fraction of sp³-hybridized carbons (Fsp3) is 0.434. The van der Waals surface area contributed by atoms with Gasteiger partial charge in [0.1, 0.15) is 0 Å². The third-order valence-corrected chi connectivity index (χ3v) is 15.5. The Morgan fingerprint density at radius 1 is 0.518 bits per heavy atom. The number of nitrogens with zero attached hydrogens (tertiary/aromatic N) is 1. The first-order valence-electron chi connectivity index (χ1n) is 21.2. The lowest BCUT2D eigenvalue weighted by Gasteiger charge is -2.43. The third kappa shape index (κ3) is 7.65. The van der Waals surface area contributed by atoms with Crippen LogP contribution < -0.4 is 15.4 Å². The average Bonchev–Trinajstić information content (AvgIpc) is 3.12. The maximum Gasteiger partial charge on any atom is 0.0777 e. The summed E-state index contributed by atoms with van der Waals surface area (Å²) >= 11 is 0. The van der Waals surface area contributed by atoms with Gasteiger partial charge in [0.25, 0.3) is 0 Å². The van der Waals surface area contributed by atoms with Crippen LogP contribution in [-0.4, -0.2) is 8.07 Å². The van der Waals surface area contributed by atoms with Crippen molar-refractivity contribution >= 4 is 41.7 Å². The van der Waals surface area contributed by atoms with E-state index in [2.05, 4.69) is 209 Å². The number of benzene rings is 5. The van der Waals surface area contributed by atoms with Gasteiger partial charge >= 0.3 is 0 Å². The highest BCUT2D eigenvalue weighted by Crippen LogP contribution is 2.51. The van der Waals surface area contributed by atoms with Crippen molar-refractivity contribution in [3.63, 3.8) is 0 Å². The van der Waals surface area contributed by atoms with Gasteiger partial charge in [-0.1, -0.05) is 150 Å². The second-order valence-electron chi connectivity index (χ2n) is 21.9. The highest BCUT2D eigenvalue weighted by molar-refractivity contribution is 6.88. The molecule has 5 aromatic rings. The van der Waals surface area contributed by atoms with E-state index in [9.17, 15) is 0 Å². The Balaban J connectivity index is 1.46. The Morgan fingerprint density at radius 3 is 1.50 bits per heavy atom. The molecule has 3 heteroatoms. The normalized spacial score (nSPS) is 18.1. The van der Waals surface area contributed by atoms with Crippen LogP contribution in [0.1, 0.15) is 130 Å². The predicted molar refractivity (Wildman–Crippen MR) is 249 cm³/mol. The molecule has 0 radical (unpaired) electrons. The molecule has 0 heterocycles. The quantitative estimate of drug-likeness (QED) is 0.166. The van der Waals surface area contributed by atoms with Crippen LogP contribution in [0.2, 0.25) is 19.6 Å². The summed E-state index contributed by atoms with van der Waals surface area (Å²) in [6.07, 6.45) is 4.80. The summed E-state index contributed by atoms with van der Waals surface area (Å²) in [4.78, 5) is 2.57. The highest BCUT2D eigenvalue weighted by Gasteiger charge is 2.39. The minimum atomic E-state index is -1.77. The number of nitrogens with one attached hydrogen (secondary N) is 1. The van der Waals surface area contributed by atoms with E-state index in [1.807, 2.05) is 0 Å². The van der Waals surface area contributed by atoms with Crippen LogP contribution in [0.25, 0.3) is 11.1 Å². The van der Waals surface area contributed by atoms with Gasteiger partial charge in [0.05, 0.1) is 8.07 Å². The molecule has 2 nitrogen and oxygen atoms in total. The van der Waals surface area contributed by atoms with Gasteiger partial charge in [-0.3, -0.25) is 0 Å². The van der Waals surface area contributed by atoms with Crippen molar-refractivity contribution in [3.8, 4) is 11.1 Å². The van der Waals surface area contributed by atoms with Gasteiger partial charge in [0.2, 0.25) is 0 Å². The van der Waals surface area contributed by atoms with Crippen molar-refractivity contribution in [1.29, 1.82) is 0 Å². The molecular weight excluding hydrogens is 693 g/mol. The van der Waals surface area contributed by atoms with Crippen LogP contribution in [0.15, 0.2) is 103 Å². The zero-order valence-corrected chi connectivity index (χ0v) is 38.1. The summed E-state index contributed by atoms with van der Waals surface area (Å²) in [7, 11) is -1.77. The van der Waals surface area contributed by atoms with Gasteiger partial charge in [-0.15, -0.1) is 0 Å². The van der Waals surface area contributed by atoms with Gasteiger partial charge in [-0.05, 0) is 141 Å². The summed E-state index contributed by atoms with van der Waals surface area (Å²) < 4.78 is 0. The van der Waals surface area contributed by atoms with E-state index >= 15 is 0 Å². The molecule has 294 valence electrons. The molecule has 0 aliphatic heterocycles. The number of anilines is 5. The Hall–Kier alpha value is -4.08. The zero-order valence-electron chi connectivity index (χ0n) is 37.1. The lowest BCUT2D eigenvalue weighted by Crippen LogP contribution is -2.38. The van der Waals surface area contributed by atoms with E-state index in [4.69, 9.17) is 0 Å². The average molecular weight is 761 g/mol. The number of rotatable bonds is 7. The molecule has 0 spiro atoms. The van der Waals surface area contributed by atoms with Gasteiger partial charge in [0.15, 0.2) is 0 Å². The number of hydrogen-bond acceptors (Lipinski definition) is 2. The van der Waals surface area contributed by atoms with Crippen LogP contribution in [0.4, 0.5) is 28.4 Å². The van der Waals surface area contributed by atoms with Crippen molar-refractivity contribution in [2.45, 2.75) is 149 Å². The van der Waals surface area contributed by atoms with E-state index < -0.39 is 8.07 Å². The van der Waals surface area contributed by atoms with Gasteiger partial charge in [-0.2, -0.15) is 0 Å². The Bertz CT molecular complexity index is 2180. The molecule has 5 aromatic carbocycles. The standard InChI is InChI=1S/C53H68N2Si/c1-49(2,3)37-20-25-48(43(30-37)36-18-16-15-17-19-36)54-38-31-41(33-42(32-38)56(12,13)14)55(39-21-23-44-46(34-39)52(8,9)28-26-50(44,4)5)40-22-24-45-47(35-40)53(10,11)29-27-51(45,6)7/h15-25,30-35,54H,26-29H2,1-14H3. The van der Waals surface area contributed by atoms with Crippen molar-refractivity contribution in [2.24, 2.45) is 0 Å². The maximum absolute atomic E-state index is 4.00. The molecule has 56 heavy (non-hydrogen) atoms. The fourth-order valence-electron chi connectivity index (χ4n) is 9.26. The molecule has 0 bridgehead atoms. The smallest absolute Gasteiger partial charge is 0.0777 e. The number of fused-ring (bicyclic) bond motifs is 2. The molecule has 0 saturated heterocycles. The van der Waals surface area contributed by atoms with Crippen molar-refractivity contribution < 1.29 is 0 Å². The molecule has 2 aliphatic rings. The summed E-state index contributed by atoms with van der Waals surface area (Å²) in [6.45, 7) is 33.8. The molecule has 0 saturated carbocycles. The first kappa shape index (κ1) is 40.1. The summed E-state index contributed by atoms with van der Waals surface area (Å²) in [5.74, 6) is 0. The maximum atomic E-state index is 4.00. The molecule has 2 aliphatic carbocycles. The monoisotopic (exact) mass is 761 g/mol. The van der Waals surface area contributed by atoms with Crippen LogP contribution >= 0.6 is 0 Å². The Morgan fingerprint density at radius 2 is 1.02 bits per heavy atom. The highest BCUT2D eigenvalue weighted by atomic mass is 28.3. The lowest BCUT2D eigenvalue weighted by atomic mass is 9.63. The summed E-state index contributed by atoms with van der Waals surface area (Å²) in [6, 6.07) is 40.0. The summed E-state index contributed by atoms with van der Waals surface area (Å²) in [5, 5.41) is 5.44. The lowest BCUT2D eigenvalue weighted by molar-refractivity contribution is 0.332. The minimum absolute atomic E-state index is 0.0464. The van der Waals surface area contributed by atoms with E-state index in [0.717, 1.165) is 11.4 Å². The molecule has 0 aromatic heterocycles. The fourth-order valence-corrected chi connectivity index (χ4v) is 10.4. The molecular formula is C53H68N2Si. The van der Waals surface area contributed by atoms with Crippen LogP contribution in [0, 0.1) is 0 Å². The van der Waals surface area contributed by atoms with Crippen LogP contribution in [-0.2, 0) is 27.1 Å². The molecule has 1 N–H and O–H groups in total. The SMILES string of the molecule is CC(C)(C)c1ccc(Nc2cc(N(c3ccc4c(c3)C(C)(C)CCC4(C)C)c3ccc4c(c3)C(C)(C)CCC4(C)C)cc([Si](C)(C)C)c2)c(-c2ccccc2)c1. The van der Waals surface area contributed by atoms with Crippen molar-refractivity contribution in [3.05, 3.63) is 131 Å². The Kier molecular flexibility index (Phi) is 9.88. The van der Waals surface area contributed by atoms with Crippen LogP contribution in [0.3, 0.4) is 0 Å². The van der Waals surface area contributed by atoms with Crippen molar-refractivity contribution in [2.75, 3.05) is 10.2 Å². The topological polar surface area (TPSA) is 15.3 Å². The second-order valence-corrected chi connectivity index (χ2v) is 26.9. The van der Waals surface area contributed by atoms with E-state index in [-0.39, 0.29) is 27.1 Å². The first-order chi connectivity index (χ1) is 26.0. The minimum Gasteiger partial charge on any atom is -0.355 e. The van der Waals surface area contributed by atoms with Crippen LogP contribution in [0.5, 0.6) is 0 Å².